The van der Waals surface area contributed by atoms with Gasteiger partial charge in [0.25, 0.3) is 5.91 Å². The summed E-state index contributed by atoms with van der Waals surface area (Å²) in [6, 6.07) is 4.25. The molecule has 0 bridgehead atoms. The van der Waals surface area contributed by atoms with Crippen LogP contribution in [0.25, 0.3) is 22.2 Å². The number of pyridine rings is 1. The SMILES string of the molecule is CN(C)C(=O)c1cnc2c(c(-c3cc(F)cc(F)c3)cn2COCC[Si](C)(C)C)c1OCC1CCN(C(=O)O)CC1. The molecule has 12 heteroatoms. The normalized spacial score (nSPS) is 14.5. The fourth-order valence-electron chi connectivity index (χ4n) is 4.83. The number of piperidine rings is 1. The first-order valence-electron chi connectivity index (χ1n) is 13.7. The lowest BCUT2D eigenvalue weighted by Gasteiger charge is -2.30. The maximum Gasteiger partial charge on any atom is 0.407 e. The summed E-state index contributed by atoms with van der Waals surface area (Å²) in [6.45, 7) is 8.56. The number of hydrogen-bond donors (Lipinski definition) is 1. The summed E-state index contributed by atoms with van der Waals surface area (Å²) in [7, 11) is 1.93. The maximum atomic E-state index is 14.4. The zero-order valence-corrected chi connectivity index (χ0v) is 25.2. The number of halogens is 2. The van der Waals surface area contributed by atoms with Crippen LogP contribution in [0.5, 0.6) is 5.75 Å². The highest BCUT2D eigenvalue weighted by Crippen LogP contribution is 2.39. The molecule has 4 rings (SSSR count). The largest absolute Gasteiger partial charge is 0.492 e. The molecular formula is C29H38F2N4O5Si. The first kappa shape index (κ1) is 30.4. The van der Waals surface area contributed by atoms with Gasteiger partial charge >= 0.3 is 6.09 Å². The number of carbonyl (C=O) groups excluding carboxylic acids is 1. The van der Waals surface area contributed by atoms with Crippen LogP contribution >= 0.6 is 0 Å². The van der Waals surface area contributed by atoms with E-state index in [2.05, 4.69) is 24.6 Å². The Bertz CT molecular complexity index is 1390. The molecule has 3 heterocycles. The number of amides is 2. The Kier molecular flexibility index (Phi) is 9.33. The summed E-state index contributed by atoms with van der Waals surface area (Å²) in [5.74, 6) is -1.44. The van der Waals surface area contributed by atoms with E-state index < -0.39 is 25.8 Å². The second-order valence-electron chi connectivity index (χ2n) is 11.9. The highest BCUT2D eigenvalue weighted by atomic mass is 28.3. The Balaban J connectivity index is 1.78. The predicted octanol–water partition coefficient (Wildman–Crippen LogP) is 5.76. The van der Waals surface area contributed by atoms with E-state index in [4.69, 9.17) is 9.47 Å². The zero-order chi connectivity index (χ0) is 29.9. The predicted molar refractivity (Wildman–Crippen MR) is 155 cm³/mol. The molecule has 1 aromatic carbocycles. The van der Waals surface area contributed by atoms with Crippen LogP contribution in [-0.4, -0.2) is 84.9 Å². The molecule has 1 fully saturated rings. The summed E-state index contributed by atoms with van der Waals surface area (Å²) >= 11 is 0. The molecule has 1 N–H and O–H groups in total. The van der Waals surface area contributed by atoms with Crippen LogP contribution in [0.2, 0.25) is 25.7 Å². The van der Waals surface area contributed by atoms with Crippen LogP contribution in [0.4, 0.5) is 13.6 Å². The molecule has 1 saturated heterocycles. The molecular weight excluding hydrogens is 550 g/mol. The second kappa shape index (κ2) is 12.6. The van der Waals surface area contributed by atoms with Crippen LogP contribution in [0.15, 0.2) is 30.6 Å². The topological polar surface area (TPSA) is 97.1 Å². The molecule has 0 radical (unpaired) electrons. The Hall–Kier alpha value is -3.51. The fourth-order valence-corrected chi connectivity index (χ4v) is 5.59. The summed E-state index contributed by atoms with van der Waals surface area (Å²) in [5, 5.41) is 9.74. The van der Waals surface area contributed by atoms with Crippen molar-refractivity contribution in [1.29, 1.82) is 0 Å². The number of benzene rings is 1. The number of nitrogens with zero attached hydrogens (tertiary/aromatic N) is 4. The maximum absolute atomic E-state index is 14.4. The summed E-state index contributed by atoms with van der Waals surface area (Å²) in [5.41, 5.74) is 1.43. The molecule has 1 aliphatic rings. The Morgan fingerprint density at radius 3 is 2.37 bits per heavy atom. The molecule has 0 saturated carbocycles. The molecule has 41 heavy (non-hydrogen) atoms. The first-order chi connectivity index (χ1) is 19.3. The number of ether oxygens (including phenoxy) is 2. The van der Waals surface area contributed by atoms with Crippen LogP contribution in [0.3, 0.4) is 0 Å². The molecule has 0 spiro atoms. The average molecular weight is 589 g/mol. The van der Waals surface area contributed by atoms with E-state index in [9.17, 15) is 23.5 Å². The van der Waals surface area contributed by atoms with Crippen LogP contribution in [0, 0.1) is 17.6 Å². The average Bonchev–Trinajstić information content (AvgIpc) is 3.27. The van der Waals surface area contributed by atoms with Crippen molar-refractivity contribution in [3.05, 3.63) is 47.8 Å². The summed E-state index contributed by atoms with van der Waals surface area (Å²) in [6.07, 6.45) is 3.47. The summed E-state index contributed by atoms with van der Waals surface area (Å²) < 4.78 is 42.8. The van der Waals surface area contributed by atoms with Gasteiger partial charge in [-0.1, -0.05) is 19.6 Å². The Labute approximate surface area is 239 Å². The van der Waals surface area contributed by atoms with Crippen LogP contribution in [-0.2, 0) is 11.5 Å². The van der Waals surface area contributed by atoms with Gasteiger partial charge in [0.1, 0.15) is 35.3 Å². The van der Waals surface area contributed by atoms with E-state index in [1.807, 2.05) is 0 Å². The number of fused-ring (bicyclic) bond motifs is 1. The van der Waals surface area contributed by atoms with Gasteiger partial charge in [0.2, 0.25) is 0 Å². The number of carboxylic acid groups (broad SMARTS) is 1. The van der Waals surface area contributed by atoms with Gasteiger partial charge in [-0.2, -0.15) is 0 Å². The van der Waals surface area contributed by atoms with E-state index in [0.717, 1.165) is 12.1 Å². The standard InChI is InChI=1S/C29H38F2N4O5Si/c1-33(2)28(36)23-15-32-27-25(26(23)40-17-19-6-8-34(9-7-19)29(37)38)24(20-12-21(30)14-22(31)13-20)16-35(27)18-39-10-11-41(3,4)5/h12-16,19H,6-11,17-18H2,1-5H3,(H,37,38). The van der Waals surface area contributed by atoms with E-state index in [0.29, 0.717) is 49.1 Å². The van der Waals surface area contributed by atoms with Crippen LogP contribution in [0.1, 0.15) is 23.2 Å². The molecule has 0 unspecified atom stereocenters. The number of likely N-dealkylation sites (tertiary alicyclic amines) is 1. The molecule has 1 aliphatic heterocycles. The quantitative estimate of drug-likeness (QED) is 0.239. The first-order valence-corrected chi connectivity index (χ1v) is 17.4. The van der Waals surface area contributed by atoms with Gasteiger partial charge in [-0.3, -0.25) is 4.79 Å². The van der Waals surface area contributed by atoms with Crippen molar-refractivity contribution in [1.82, 2.24) is 19.4 Å². The molecule has 2 aromatic heterocycles. The number of aromatic nitrogens is 2. The molecule has 9 nitrogen and oxygen atoms in total. The minimum Gasteiger partial charge on any atom is -0.492 e. The van der Waals surface area contributed by atoms with Crippen molar-refractivity contribution in [2.75, 3.05) is 40.4 Å². The van der Waals surface area contributed by atoms with Gasteiger partial charge in [0.15, 0.2) is 0 Å². The minimum absolute atomic E-state index is 0.0678. The molecule has 0 aliphatic carbocycles. The van der Waals surface area contributed by atoms with Gasteiger partial charge in [0, 0.05) is 65.9 Å². The second-order valence-corrected chi connectivity index (χ2v) is 17.6. The molecule has 0 atom stereocenters. The third-order valence-electron chi connectivity index (χ3n) is 7.22. The highest BCUT2D eigenvalue weighted by molar-refractivity contribution is 6.76. The Morgan fingerprint density at radius 1 is 1.12 bits per heavy atom. The van der Waals surface area contributed by atoms with E-state index >= 15 is 0 Å². The monoisotopic (exact) mass is 588 g/mol. The number of hydrogen-bond acceptors (Lipinski definition) is 5. The van der Waals surface area contributed by atoms with Crippen molar-refractivity contribution in [3.63, 3.8) is 0 Å². The van der Waals surface area contributed by atoms with E-state index in [-0.39, 0.29) is 42.0 Å². The van der Waals surface area contributed by atoms with Gasteiger partial charge < -0.3 is 28.9 Å². The lowest BCUT2D eigenvalue weighted by Crippen LogP contribution is -2.38. The number of rotatable bonds is 10. The van der Waals surface area contributed by atoms with Gasteiger partial charge in [-0.25, -0.2) is 18.6 Å². The Morgan fingerprint density at radius 2 is 1.78 bits per heavy atom. The minimum atomic E-state index is -1.32. The van der Waals surface area contributed by atoms with Crippen molar-refractivity contribution >= 4 is 31.1 Å². The lowest BCUT2D eigenvalue weighted by atomic mass is 9.98. The fraction of sp³-hybridized carbons (Fsp3) is 0.483. The third kappa shape index (κ3) is 7.42. The van der Waals surface area contributed by atoms with Crippen molar-refractivity contribution < 1.29 is 33.0 Å². The van der Waals surface area contributed by atoms with Crippen molar-refractivity contribution in [3.8, 4) is 16.9 Å². The third-order valence-corrected chi connectivity index (χ3v) is 8.93. The van der Waals surface area contributed by atoms with Gasteiger partial charge in [-0.15, -0.1) is 0 Å². The molecule has 2 amide bonds. The zero-order valence-electron chi connectivity index (χ0n) is 24.2. The lowest BCUT2D eigenvalue weighted by molar-refractivity contribution is 0.0818. The van der Waals surface area contributed by atoms with Crippen molar-refractivity contribution in [2.45, 2.75) is 45.3 Å². The smallest absolute Gasteiger partial charge is 0.407 e. The molecule has 222 valence electrons. The van der Waals surface area contributed by atoms with E-state index in [1.54, 1.807) is 24.9 Å². The van der Waals surface area contributed by atoms with Gasteiger partial charge in [-0.05, 0) is 42.5 Å². The summed E-state index contributed by atoms with van der Waals surface area (Å²) in [4.78, 5) is 31.9. The van der Waals surface area contributed by atoms with Crippen molar-refractivity contribution in [2.24, 2.45) is 5.92 Å². The molecule has 3 aromatic rings. The van der Waals surface area contributed by atoms with E-state index in [1.165, 1.54) is 28.1 Å². The van der Waals surface area contributed by atoms with Gasteiger partial charge in [0.05, 0.1) is 12.0 Å². The van der Waals surface area contributed by atoms with Crippen LogP contribution < -0.4 is 4.74 Å². The highest BCUT2D eigenvalue weighted by Gasteiger charge is 2.27. The number of carbonyl (C=O) groups is 2.